The van der Waals surface area contributed by atoms with Crippen molar-refractivity contribution in [2.75, 3.05) is 19.9 Å². The summed E-state index contributed by atoms with van der Waals surface area (Å²) in [5, 5.41) is 2.68. The molecule has 6 rings (SSSR count). The van der Waals surface area contributed by atoms with E-state index in [4.69, 9.17) is 18.3 Å². The highest BCUT2D eigenvalue weighted by atomic mass is 16.7. The summed E-state index contributed by atoms with van der Waals surface area (Å²) in [6.07, 6.45) is 12.3. The minimum absolute atomic E-state index is 0.0868. The van der Waals surface area contributed by atoms with Gasteiger partial charge in [-0.15, -0.1) is 0 Å². The lowest BCUT2D eigenvalue weighted by atomic mass is 10.1. The lowest BCUT2D eigenvalue weighted by molar-refractivity contribution is -0.127. The monoisotopic (exact) mass is 557 g/mol. The molecule has 0 radical (unpaired) electrons. The number of oxazole rings is 1. The highest BCUT2D eigenvalue weighted by molar-refractivity contribution is 5.88. The average Bonchev–Trinajstić information content (AvgIpc) is 3.76. The highest BCUT2D eigenvalue weighted by Gasteiger charge is 2.14. The van der Waals surface area contributed by atoms with Gasteiger partial charge in [0.05, 0.1) is 18.3 Å². The Kier molecular flexibility index (Phi) is 9.00. The second kappa shape index (κ2) is 13.4. The van der Waals surface area contributed by atoms with Crippen LogP contribution < -0.4 is 20.5 Å². The predicted molar refractivity (Wildman–Crippen MR) is 152 cm³/mol. The third-order valence-corrected chi connectivity index (χ3v) is 6.62. The normalized spacial score (nSPS) is 14.4. The maximum Gasteiger partial charge on any atom is 0.420 e. The minimum Gasteiger partial charge on any atom is -0.467 e. The Labute approximate surface area is 236 Å². The molecule has 2 aromatic carbocycles. The van der Waals surface area contributed by atoms with Crippen molar-refractivity contribution >= 4 is 29.0 Å². The zero-order valence-corrected chi connectivity index (χ0v) is 22.5. The number of nitrogens with zero attached hydrogens (tertiary/aromatic N) is 2. The molecule has 0 unspecified atom stereocenters. The second-order valence-electron chi connectivity index (χ2n) is 9.49. The predicted octanol–water partition coefficient (Wildman–Crippen LogP) is 4.50. The van der Waals surface area contributed by atoms with Gasteiger partial charge in [-0.3, -0.25) is 14.2 Å². The van der Waals surface area contributed by atoms with E-state index in [0.717, 1.165) is 43.0 Å². The van der Waals surface area contributed by atoms with E-state index in [-0.39, 0.29) is 31.7 Å². The molecule has 10 nitrogen and oxygen atoms in total. The van der Waals surface area contributed by atoms with Gasteiger partial charge in [0.1, 0.15) is 12.3 Å². The first-order chi connectivity index (χ1) is 20.1. The van der Waals surface area contributed by atoms with Gasteiger partial charge in [0.2, 0.25) is 18.6 Å². The van der Waals surface area contributed by atoms with Gasteiger partial charge < -0.3 is 28.5 Å². The van der Waals surface area contributed by atoms with Crippen molar-refractivity contribution in [1.29, 1.82) is 0 Å². The number of hydrogen-bond acceptors (Lipinski definition) is 7. The van der Waals surface area contributed by atoms with Gasteiger partial charge in [0.15, 0.2) is 17.1 Å². The van der Waals surface area contributed by atoms with Crippen LogP contribution in [-0.2, 0) is 22.7 Å². The van der Waals surface area contributed by atoms with Gasteiger partial charge in [-0.05, 0) is 61.2 Å². The van der Waals surface area contributed by atoms with Crippen molar-refractivity contribution in [3.63, 3.8) is 0 Å². The van der Waals surface area contributed by atoms with Crippen molar-refractivity contribution < 1.29 is 27.9 Å². The maximum atomic E-state index is 11.9. The van der Waals surface area contributed by atoms with Crippen molar-refractivity contribution in [3.05, 3.63) is 101 Å². The van der Waals surface area contributed by atoms with Crippen LogP contribution in [0.5, 0.6) is 11.5 Å². The zero-order chi connectivity index (χ0) is 28.4. The Bertz CT molecular complexity index is 1590. The molecule has 1 fully saturated rings. The number of ether oxygens (including phenoxy) is 2. The van der Waals surface area contributed by atoms with E-state index >= 15 is 0 Å². The molecule has 0 bridgehead atoms. The molecule has 4 aromatic rings. The van der Waals surface area contributed by atoms with E-state index in [1.54, 1.807) is 48.6 Å². The van der Waals surface area contributed by atoms with Crippen LogP contribution in [0, 0.1) is 0 Å². The number of piperidine rings is 1. The molecule has 2 aliphatic heterocycles. The standard InChI is InChI=1S/C17H19NO3.C14H12N2O4/c19-17(18-10-4-1-5-11-18)7-3-2-6-14-8-9-15-16(12-14)21-13-20-15;17-13(15-8-10-4-3-7-19-10)9-16-11-5-1-2-6-12(11)20-14(16)18/h2-3,6-9,12H,1,4-5,10-11,13H2;1-7H,8-9H2,(H,15,17). The van der Waals surface area contributed by atoms with Gasteiger partial charge in [0, 0.05) is 19.2 Å². The van der Waals surface area contributed by atoms with Crippen molar-refractivity contribution in [2.24, 2.45) is 0 Å². The molecule has 0 atom stereocenters. The molecule has 1 saturated heterocycles. The largest absolute Gasteiger partial charge is 0.467 e. The number of benzene rings is 2. The summed E-state index contributed by atoms with van der Waals surface area (Å²) in [5.41, 5.74) is 2.09. The van der Waals surface area contributed by atoms with Crippen LogP contribution in [0.1, 0.15) is 30.6 Å². The number of hydrogen-bond donors (Lipinski definition) is 1. The highest BCUT2D eigenvalue weighted by Crippen LogP contribution is 2.32. The molecule has 2 amide bonds. The van der Waals surface area contributed by atoms with Crippen molar-refractivity contribution in [1.82, 2.24) is 14.8 Å². The summed E-state index contributed by atoms with van der Waals surface area (Å²) < 4.78 is 22.1. The molecule has 1 N–H and O–H groups in total. The summed E-state index contributed by atoms with van der Waals surface area (Å²) in [4.78, 5) is 37.4. The van der Waals surface area contributed by atoms with E-state index in [1.807, 2.05) is 35.3 Å². The van der Waals surface area contributed by atoms with E-state index in [2.05, 4.69) is 5.32 Å². The van der Waals surface area contributed by atoms with Crippen molar-refractivity contribution in [2.45, 2.75) is 32.4 Å². The fourth-order valence-corrected chi connectivity index (χ4v) is 4.50. The number of aromatic nitrogens is 1. The van der Waals surface area contributed by atoms with Crippen LogP contribution in [0.3, 0.4) is 0 Å². The number of furan rings is 1. The van der Waals surface area contributed by atoms with E-state index < -0.39 is 5.76 Å². The first-order valence-corrected chi connectivity index (χ1v) is 13.5. The number of amides is 2. The molecular formula is C31H31N3O7. The Balaban J connectivity index is 0.000000165. The summed E-state index contributed by atoms with van der Waals surface area (Å²) >= 11 is 0. The Morgan fingerprint density at radius 3 is 2.59 bits per heavy atom. The third-order valence-electron chi connectivity index (χ3n) is 6.62. The molecule has 0 saturated carbocycles. The second-order valence-corrected chi connectivity index (χ2v) is 9.49. The molecule has 4 heterocycles. The number of fused-ring (bicyclic) bond motifs is 2. The number of carbonyl (C=O) groups is 2. The van der Waals surface area contributed by atoms with Crippen molar-refractivity contribution in [3.8, 4) is 11.5 Å². The lowest BCUT2D eigenvalue weighted by Crippen LogP contribution is -2.34. The number of likely N-dealkylation sites (tertiary alicyclic amines) is 1. The zero-order valence-electron chi connectivity index (χ0n) is 22.5. The SMILES string of the molecule is O=C(C=CC=Cc1ccc2c(c1)OCO2)N1CCCCC1.O=C(Cn1c(=O)oc2ccccc21)NCc1ccco1. The third kappa shape index (κ3) is 7.36. The topological polar surface area (TPSA) is 116 Å². The molecule has 2 aliphatic rings. The quantitative estimate of drug-likeness (QED) is 0.263. The van der Waals surface area contributed by atoms with Gasteiger partial charge >= 0.3 is 5.76 Å². The Hall–Kier alpha value is -4.99. The summed E-state index contributed by atoms with van der Waals surface area (Å²) in [6.45, 7) is 2.25. The molecule has 0 aliphatic carbocycles. The van der Waals surface area contributed by atoms with Crippen LogP contribution in [-0.4, -0.2) is 41.2 Å². The summed E-state index contributed by atoms with van der Waals surface area (Å²) in [6, 6.07) is 16.3. The average molecular weight is 558 g/mol. The van der Waals surface area contributed by atoms with Crippen LogP contribution >= 0.6 is 0 Å². The molecule has 0 spiro atoms. The molecular weight excluding hydrogens is 526 g/mol. The van der Waals surface area contributed by atoms with Gasteiger partial charge in [0.25, 0.3) is 0 Å². The van der Waals surface area contributed by atoms with E-state index in [1.165, 1.54) is 17.3 Å². The van der Waals surface area contributed by atoms with Crippen LogP contribution in [0.4, 0.5) is 0 Å². The molecule has 41 heavy (non-hydrogen) atoms. The summed E-state index contributed by atoms with van der Waals surface area (Å²) in [5.74, 6) is 1.48. The number of allylic oxidation sites excluding steroid dienone is 2. The van der Waals surface area contributed by atoms with Gasteiger partial charge in [-0.2, -0.15) is 0 Å². The Morgan fingerprint density at radius 1 is 0.927 bits per heavy atom. The molecule has 10 heteroatoms. The van der Waals surface area contributed by atoms with E-state index in [0.29, 0.717) is 16.9 Å². The van der Waals surface area contributed by atoms with Gasteiger partial charge in [-0.25, -0.2) is 4.79 Å². The van der Waals surface area contributed by atoms with E-state index in [9.17, 15) is 14.4 Å². The molecule has 212 valence electrons. The lowest BCUT2D eigenvalue weighted by Gasteiger charge is -2.25. The number of rotatable bonds is 7. The molecule has 2 aromatic heterocycles. The van der Waals surface area contributed by atoms with Gasteiger partial charge in [-0.1, -0.05) is 36.4 Å². The maximum absolute atomic E-state index is 11.9. The fraction of sp³-hybridized carbons (Fsp3) is 0.258. The van der Waals surface area contributed by atoms with Crippen LogP contribution in [0.2, 0.25) is 0 Å². The van der Waals surface area contributed by atoms with Crippen LogP contribution in [0.25, 0.3) is 17.2 Å². The minimum atomic E-state index is -0.542. The summed E-state index contributed by atoms with van der Waals surface area (Å²) in [7, 11) is 0. The fourth-order valence-electron chi connectivity index (χ4n) is 4.50. The first-order valence-electron chi connectivity index (χ1n) is 13.5. The number of nitrogens with one attached hydrogen (secondary N) is 1. The first kappa shape index (κ1) is 27.6. The van der Waals surface area contributed by atoms with Crippen LogP contribution in [0.15, 0.2) is 92.7 Å². The Morgan fingerprint density at radius 2 is 1.76 bits per heavy atom. The number of carbonyl (C=O) groups excluding carboxylic acids is 2. The number of para-hydroxylation sites is 2. The smallest absolute Gasteiger partial charge is 0.420 e.